The maximum Gasteiger partial charge on any atom is 0.151 e. The predicted octanol–water partition coefficient (Wildman–Crippen LogP) is 2.51. The number of hydrogen-bond acceptors (Lipinski definition) is 5. The van der Waals surface area contributed by atoms with Crippen LogP contribution in [0.1, 0.15) is 17.5 Å². The summed E-state index contributed by atoms with van der Waals surface area (Å²) in [5, 5.41) is 17.1. The van der Waals surface area contributed by atoms with Crippen LogP contribution in [-0.4, -0.2) is 36.4 Å². The lowest BCUT2D eigenvalue weighted by molar-refractivity contribution is 0.609. The Hall–Kier alpha value is -2.68. The van der Waals surface area contributed by atoms with E-state index in [1.54, 1.807) is 25.3 Å². The molecular weight excluding hydrogens is 293 g/mol. The Balaban J connectivity index is 1.79. The summed E-state index contributed by atoms with van der Waals surface area (Å²) >= 11 is 0. The second kappa shape index (κ2) is 6.61. The van der Waals surface area contributed by atoms with E-state index < -0.39 is 0 Å². The van der Waals surface area contributed by atoms with E-state index in [-0.39, 0.29) is 5.82 Å². The van der Waals surface area contributed by atoms with Crippen LogP contribution in [0.5, 0.6) is 0 Å². The first kappa shape index (κ1) is 15.2. The van der Waals surface area contributed by atoms with Crippen LogP contribution in [0.15, 0.2) is 30.5 Å². The third kappa shape index (κ3) is 3.09. The van der Waals surface area contributed by atoms with Gasteiger partial charge >= 0.3 is 0 Å². The van der Waals surface area contributed by atoms with Crippen molar-refractivity contribution in [3.8, 4) is 6.07 Å². The van der Waals surface area contributed by atoms with Crippen LogP contribution in [0, 0.1) is 24.1 Å². The van der Waals surface area contributed by atoms with Gasteiger partial charge in [-0.3, -0.25) is 0 Å². The van der Waals surface area contributed by atoms with Gasteiger partial charge in [-0.1, -0.05) is 0 Å². The molecule has 1 aromatic carbocycles. The number of nitriles is 1. The number of anilines is 2. The molecule has 3 rings (SSSR count). The van der Waals surface area contributed by atoms with E-state index in [1.165, 1.54) is 0 Å². The zero-order chi connectivity index (χ0) is 16.2. The van der Waals surface area contributed by atoms with Crippen LogP contribution in [-0.2, 0) is 0 Å². The van der Waals surface area contributed by atoms with Gasteiger partial charge < -0.3 is 9.80 Å². The van der Waals surface area contributed by atoms with Gasteiger partial charge in [-0.2, -0.15) is 10.4 Å². The summed E-state index contributed by atoms with van der Waals surface area (Å²) in [4.78, 5) is 4.21. The van der Waals surface area contributed by atoms with Gasteiger partial charge in [0.2, 0.25) is 0 Å². The zero-order valence-corrected chi connectivity index (χ0v) is 13.0. The number of aromatic nitrogens is 2. The minimum Gasteiger partial charge on any atom is -0.367 e. The largest absolute Gasteiger partial charge is 0.367 e. The molecule has 2 heterocycles. The quantitative estimate of drug-likeness (QED) is 0.853. The molecule has 6 heteroatoms. The Kier molecular flexibility index (Phi) is 4.38. The van der Waals surface area contributed by atoms with E-state index in [2.05, 4.69) is 15.1 Å². The van der Waals surface area contributed by atoms with Crippen molar-refractivity contribution in [2.45, 2.75) is 13.3 Å². The number of rotatable bonds is 2. The molecule has 23 heavy (non-hydrogen) atoms. The summed E-state index contributed by atoms with van der Waals surface area (Å²) in [7, 11) is 0. The molecule has 1 aromatic heterocycles. The third-order valence-electron chi connectivity index (χ3n) is 4.21. The molecular formula is C17H18FN5. The molecule has 0 bridgehead atoms. The summed E-state index contributed by atoms with van der Waals surface area (Å²) in [6.45, 7) is 4.77. The average molecular weight is 311 g/mol. The minimum absolute atomic E-state index is 0.294. The van der Waals surface area contributed by atoms with E-state index in [1.807, 2.05) is 23.1 Å². The molecule has 0 spiro atoms. The van der Waals surface area contributed by atoms with Crippen LogP contribution in [0.2, 0.25) is 0 Å². The van der Waals surface area contributed by atoms with E-state index in [9.17, 15) is 4.39 Å². The van der Waals surface area contributed by atoms with Gasteiger partial charge in [0.05, 0.1) is 17.3 Å². The van der Waals surface area contributed by atoms with Crippen molar-refractivity contribution in [2.75, 3.05) is 36.0 Å². The Labute approximate surface area is 135 Å². The molecule has 1 saturated heterocycles. The minimum atomic E-state index is -0.294. The van der Waals surface area contributed by atoms with Gasteiger partial charge in [-0.15, -0.1) is 5.10 Å². The molecule has 0 radical (unpaired) electrons. The fraction of sp³-hybridized carbons (Fsp3) is 0.353. The van der Waals surface area contributed by atoms with Crippen molar-refractivity contribution < 1.29 is 4.39 Å². The Morgan fingerprint density at radius 1 is 1.13 bits per heavy atom. The smallest absolute Gasteiger partial charge is 0.151 e. The number of benzene rings is 1. The zero-order valence-electron chi connectivity index (χ0n) is 13.0. The van der Waals surface area contributed by atoms with Gasteiger partial charge in [-0.05, 0) is 37.6 Å². The molecule has 1 aliphatic heterocycles. The Morgan fingerprint density at radius 2 is 1.91 bits per heavy atom. The molecule has 0 aliphatic carbocycles. The third-order valence-corrected chi connectivity index (χ3v) is 4.21. The highest BCUT2D eigenvalue weighted by atomic mass is 19.1. The van der Waals surface area contributed by atoms with Crippen molar-refractivity contribution in [1.82, 2.24) is 10.2 Å². The fourth-order valence-electron chi connectivity index (χ4n) is 2.89. The topological polar surface area (TPSA) is 56.1 Å². The van der Waals surface area contributed by atoms with Gasteiger partial charge in [0, 0.05) is 37.9 Å². The van der Waals surface area contributed by atoms with Crippen molar-refractivity contribution in [2.24, 2.45) is 0 Å². The molecule has 2 aromatic rings. The fourth-order valence-corrected chi connectivity index (χ4v) is 2.89. The average Bonchev–Trinajstić information content (AvgIpc) is 2.84. The predicted molar refractivity (Wildman–Crippen MR) is 86.9 cm³/mol. The lowest BCUT2D eigenvalue weighted by Gasteiger charge is -2.25. The highest BCUT2D eigenvalue weighted by Gasteiger charge is 2.20. The first-order chi connectivity index (χ1) is 11.2. The van der Waals surface area contributed by atoms with E-state index in [0.29, 0.717) is 23.4 Å². The van der Waals surface area contributed by atoms with E-state index in [0.717, 1.165) is 31.9 Å². The maximum atomic E-state index is 14.6. The number of hydrogen-bond donors (Lipinski definition) is 0. The van der Waals surface area contributed by atoms with Crippen LogP contribution in [0.4, 0.5) is 15.9 Å². The summed E-state index contributed by atoms with van der Waals surface area (Å²) in [5.41, 5.74) is 1.38. The Morgan fingerprint density at radius 3 is 2.65 bits per heavy atom. The molecule has 0 unspecified atom stereocenters. The molecule has 5 nitrogen and oxygen atoms in total. The van der Waals surface area contributed by atoms with Crippen LogP contribution in [0.3, 0.4) is 0 Å². The van der Waals surface area contributed by atoms with Gasteiger partial charge in [-0.25, -0.2) is 4.39 Å². The molecule has 0 amide bonds. The second-order valence-corrected chi connectivity index (χ2v) is 5.59. The molecule has 118 valence electrons. The Bertz CT molecular complexity index is 726. The molecule has 0 atom stereocenters. The van der Waals surface area contributed by atoms with Crippen LogP contribution >= 0.6 is 0 Å². The SMILES string of the molecule is Cc1c(C#N)ccc(N2CCCN(c3cccnn3)CC2)c1F. The summed E-state index contributed by atoms with van der Waals surface area (Å²) in [5.74, 6) is 0.558. The van der Waals surface area contributed by atoms with Gasteiger partial charge in [0.15, 0.2) is 11.6 Å². The monoisotopic (exact) mass is 311 g/mol. The highest BCUT2D eigenvalue weighted by Crippen LogP contribution is 2.26. The van der Waals surface area contributed by atoms with Crippen molar-refractivity contribution >= 4 is 11.5 Å². The summed E-state index contributed by atoms with van der Waals surface area (Å²) in [6, 6.07) is 9.24. The van der Waals surface area contributed by atoms with E-state index in [4.69, 9.17) is 5.26 Å². The molecule has 1 aliphatic rings. The van der Waals surface area contributed by atoms with Gasteiger partial charge in [0.1, 0.15) is 0 Å². The first-order valence-electron chi connectivity index (χ1n) is 7.67. The standard InChI is InChI=1S/C17H18FN5/c1-13-14(12-19)5-6-15(17(13)18)22-8-3-9-23(11-10-22)16-4-2-7-20-21-16/h2,4-7H,3,8-11H2,1H3. The molecule has 0 saturated carbocycles. The van der Waals surface area contributed by atoms with Crippen LogP contribution < -0.4 is 9.80 Å². The van der Waals surface area contributed by atoms with Crippen molar-refractivity contribution in [1.29, 1.82) is 5.26 Å². The summed E-state index contributed by atoms with van der Waals surface area (Å²) in [6.07, 6.45) is 2.57. The number of halogens is 1. The number of nitrogens with zero attached hydrogens (tertiary/aromatic N) is 5. The lowest BCUT2D eigenvalue weighted by Crippen LogP contribution is -2.31. The maximum absolute atomic E-state index is 14.6. The molecule has 0 N–H and O–H groups in total. The van der Waals surface area contributed by atoms with E-state index >= 15 is 0 Å². The van der Waals surface area contributed by atoms with Crippen molar-refractivity contribution in [3.05, 3.63) is 47.4 Å². The molecule has 1 fully saturated rings. The first-order valence-corrected chi connectivity index (χ1v) is 7.67. The second-order valence-electron chi connectivity index (χ2n) is 5.59. The normalized spacial score (nSPS) is 15.2. The van der Waals surface area contributed by atoms with Gasteiger partial charge in [0.25, 0.3) is 0 Å². The highest BCUT2D eigenvalue weighted by molar-refractivity contribution is 5.55. The van der Waals surface area contributed by atoms with Crippen molar-refractivity contribution in [3.63, 3.8) is 0 Å². The lowest BCUT2D eigenvalue weighted by atomic mass is 10.1. The summed E-state index contributed by atoms with van der Waals surface area (Å²) < 4.78 is 14.6. The van der Waals surface area contributed by atoms with Crippen LogP contribution in [0.25, 0.3) is 0 Å².